The van der Waals surface area contributed by atoms with E-state index in [0.717, 1.165) is 13.1 Å². The molecule has 1 atom stereocenters. The Kier molecular flexibility index (Phi) is 7.18. The molecular formula is C16H26N2O4S. The third kappa shape index (κ3) is 5.02. The first-order valence-corrected chi connectivity index (χ1v) is 9.17. The number of aryl methyl sites for hydroxylation is 1. The Balaban J connectivity index is 2.98. The van der Waals surface area contributed by atoms with E-state index in [9.17, 15) is 13.2 Å². The van der Waals surface area contributed by atoms with Crippen LogP contribution in [0, 0.1) is 6.92 Å². The first-order valence-electron chi connectivity index (χ1n) is 7.69. The largest absolute Gasteiger partial charge is 0.465 e. The maximum absolute atomic E-state index is 12.5. The minimum Gasteiger partial charge on any atom is -0.465 e. The number of carbonyl (C=O) groups is 1. The Morgan fingerprint density at radius 3 is 2.43 bits per heavy atom. The van der Waals surface area contributed by atoms with Crippen LogP contribution in [0.25, 0.3) is 0 Å². The molecule has 1 rings (SSSR count). The molecule has 0 aliphatic heterocycles. The molecule has 0 aliphatic rings. The summed E-state index contributed by atoms with van der Waals surface area (Å²) in [5.74, 6) is -0.557. The van der Waals surface area contributed by atoms with E-state index in [0.29, 0.717) is 12.1 Å². The maximum Gasteiger partial charge on any atom is 0.337 e. The highest BCUT2D eigenvalue weighted by molar-refractivity contribution is 7.89. The molecule has 1 N–H and O–H groups in total. The number of likely N-dealkylation sites (N-methyl/N-ethyl adjacent to an activating group) is 1. The van der Waals surface area contributed by atoms with Crippen LogP contribution in [0.2, 0.25) is 0 Å². The van der Waals surface area contributed by atoms with Gasteiger partial charge in [0.05, 0.1) is 17.6 Å². The lowest BCUT2D eigenvalue weighted by Crippen LogP contribution is -2.42. The highest BCUT2D eigenvalue weighted by atomic mass is 32.2. The fourth-order valence-electron chi connectivity index (χ4n) is 2.42. The van der Waals surface area contributed by atoms with Gasteiger partial charge in [-0.1, -0.05) is 19.9 Å². The minimum absolute atomic E-state index is 0.0869. The van der Waals surface area contributed by atoms with Crippen LogP contribution < -0.4 is 4.72 Å². The number of benzene rings is 1. The number of methoxy groups -OCH3 is 1. The highest BCUT2D eigenvalue weighted by Gasteiger charge is 2.21. The topological polar surface area (TPSA) is 75.7 Å². The standard InChI is InChI=1S/C16H26N2O4S/c1-6-18(7-2)13(4)11-17-23(20,21)15-10-14(16(19)22-5)9-8-12(15)3/h8-10,13,17H,6-7,11H2,1-5H3/t13-/m0/s1. The lowest BCUT2D eigenvalue weighted by atomic mass is 10.1. The molecule has 0 bridgehead atoms. The quantitative estimate of drug-likeness (QED) is 0.729. The molecule has 23 heavy (non-hydrogen) atoms. The van der Waals surface area contributed by atoms with Gasteiger partial charge in [-0.3, -0.25) is 4.90 Å². The van der Waals surface area contributed by atoms with E-state index in [1.54, 1.807) is 19.1 Å². The molecule has 0 radical (unpaired) electrons. The van der Waals surface area contributed by atoms with E-state index < -0.39 is 16.0 Å². The van der Waals surface area contributed by atoms with Crippen molar-refractivity contribution in [1.29, 1.82) is 0 Å². The van der Waals surface area contributed by atoms with Gasteiger partial charge >= 0.3 is 5.97 Å². The Morgan fingerprint density at radius 1 is 1.30 bits per heavy atom. The average molecular weight is 342 g/mol. The zero-order valence-corrected chi connectivity index (χ0v) is 15.2. The van der Waals surface area contributed by atoms with Crippen LogP contribution in [0.15, 0.2) is 23.1 Å². The van der Waals surface area contributed by atoms with Gasteiger partial charge in [-0.05, 0) is 44.6 Å². The summed E-state index contributed by atoms with van der Waals surface area (Å²) < 4.78 is 32.3. The van der Waals surface area contributed by atoms with E-state index in [2.05, 4.69) is 14.4 Å². The Labute approximate surface area is 138 Å². The van der Waals surface area contributed by atoms with Crippen molar-refractivity contribution in [1.82, 2.24) is 9.62 Å². The van der Waals surface area contributed by atoms with E-state index in [1.807, 2.05) is 20.8 Å². The number of hydrogen-bond acceptors (Lipinski definition) is 5. The van der Waals surface area contributed by atoms with Crippen LogP contribution >= 0.6 is 0 Å². The zero-order valence-electron chi connectivity index (χ0n) is 14.4. The number of nitrogens with one attached hydrogen (secondary N) is 1. The number of esters is 1. The van der Waals surface area contributed by atoms with Gasteiger partial charge in [-0.15, -0.1) is 0 Å². The number of nitrogens with zero attached hydrogens (tertiary/aromatic N) is 1. The number of hydrogen-bond donors (Lipinski definition) is 1. The monoisotopic (exact) mass is 342 g/mol. The second kappa shape index (κ2) is 8.42. The van der Waals surface area contributed by atoms with E-state index in [1.165, 1.54) is 13.2 Å². The molecule has 130 valence electrons. The third-order valence-electron chi connectivity index (χ3n) is 3.90. The maximum atomic E-state index is 12.5. The van der Waals surface area contributed by atoms with Gasteiger partial charge in [-0.2, -0.15) is 0 Å². The van der Waals surface area contributed by atoms with Crippen LogP contribution in [0.3, 0.4) is 0 Å². The summed E-state index contributed by atoms with van der Waals surface area (Å²) in [6.07, 6.45) is 0. The van der Waals surface area contributed by atoms with E-state index >= 15 is 0 Å². The van der Waals surface area contributed by atoms with Crippen molar-refractivity contribution < 1.29 is 17.9 Å². The van der Waals surface area contributed by atoms with Gasteiger partial charge in [0.15, 0.2) is 0 Å². The molecule has 0 saturated heterocycles. The summed E-state index contributed by atoms with van der Waals surface area (Å²) >= 11 is 0. The van der Waals surface area contributed by atoms with Crippen molar-refractivity contribution in [2.75, 3.05) is 26.7 Å². The smallest absolute Gasteiger partial charge is 0.337 e. The highest BCUT2D eigenvalue weighted by Crippen LogP contribution is 2.17. The fraction of sp³-hybridized carbons (Fsp3) is 0.562. The average Bonchev–Trinajstić information content (AvgIpc) is 2.53. The van der Waals surface area contributed by atoms with Crippen molar-refractivity contribution in [3.8, 4) is 0 Å². The predicted molar refractivity (Wildman–Crippen MR) is 90.1 cm³/mol. The van der Waals surface area contributed by atoms with Gasteiger partial charge in [0.2, 0.25) is 10.0 Å². The molecule has 0 fully saturated rings. The molecule has 0 saturated carbocycles. The van der Waals surface area contributed by atoms with Gasteiger partial charge in [0.25, 0.3) is 0 Å². The lowest BCUT2D eigenvalue weighted by molar-refractivity contribution is 0.0600. The van der Waals surface area contributed by atoms with Crippen LogP contribution in [0.1, 0.15) is 36.7 Å². The molecule has 1 aromatic carbocycles. The molecular weight excluding hydrogens is 316 g/mol. The van der Waals surface area contributed by atoms with Gasteiger partial charge in [0, 0.05) is 12.6 Å². The Hall–Kier alpha value is -1.44. The molecule has 1 aromatic rings. The van der Waals surface area contributed by atoms with Gasteiger partial charge in [0.1, 0.15) is 0 Å². The van der Waals surface area contributed by atoms with Crippen molar-refractivity contribution in [3.63, 3.8) is 0 Å². The summed E-state index contributed by atoms with van der Waals surface area (Å²) in [6.45, 7) is 9.78. The summed E-state index contributed by atoms with van der Waals surface area (Å²) in [5.41, 5.74) is 0.802. The molecule has 0 aromatic heterocycles. The first kappa shape index (κ1) is 19.6. The minimum atomic E-state index is -3.68. The van der Waals surface area contributed by atoms with Crippen molar-refractivity contribution in [2.45, 2.75) is 38.6 Å². The predicted octanol–water partition coefficient (Wildman–Crippen LogP) is 1.79. The number of rotatable bonds is 8. The number of sulfonamides is 1. The molecule has 0 aliphatic carbocycles. The van der Waals surface area contributed by atoms with Gasteiger partial charge in [-0.25, -0.2) is 17.9 Å². The van der Waals surface area contributed by atoms with Crippen LogP contribution in [-0.4, -0.2) is 52.1 Å². The molecule has 7 heteroatoms. The molecule has 0 amide bonds. The fourth-order valence-corrected chi connectivity index (χ4v) is 3.81. The second-order valence-electron chi connectivity index (χ2n) is 5.39. The number of carbonyl (C=O) groups excluding carboxylic acids is 1. The van der Waals surface area contributed by atoms with Crippen molar-refractivity contribution >= 4 is 16.0 Å². The molecule has 0 spiro atoms. The first-order chi connectivity index (χ1) is 10.8. The zero-order chi connectivity index (χ0) is 17.6. The Morgan fingerprint density at radius 2 is 1.91 bits per heavy atom. The van der Waals surface area contributed by atoms with Crippen LogP contribution in [0.5, 0.6) is 0 Å². The van der Waals surface area contributed by atoms with Crippen LogP contribution in [-0.2, 0) is 14.8 Å². The second-order valence-corrected chi connectivity index (χ2v) is 7.13. The summed E-state index contributed by atoms with van der Waals surface area (Å²) in [4.78, 5) is 13.9. The summed E-state index contributed by atoms with van der Waals surface area (Å²) in [5, 5.41) is 0. The lowest BCUT2D eigenvalue weighted by Gasteiger charge is -2.26. The van der Waals surface area contributed by atoms with Crippen molar-refractivity contribution in [2.24, 2.45) is 0 Å². The normalized spacial score (nSPS) is 13.1. The van der Waals surface area contributed by atoms with Crippen LogP contribution in [0.4, 0.5) is 0 Å². The Bertz CT molecular complexity index is 639. The van der Waals surface area contributed by atoms with E-state index in [4.69, 9.17) is 0 Å². The number of ether oxygens (including phenoxy) is 1. The molecule has 6 nitrogen and oxygen atoms in total. The summed E-state index contributed by atoms with van der Waals surface area (Å²) in [6, 6.07) is 4.60. The SMILES string of the molecule is CCN(CC)[C@@H](C)CNS(=O)(=O)c1cc(C(=O)OC)ccc1C. The molecule has 0 unspecified atom stereocenters. The third-order valence-corrected chi connectivity index (χ3v) is 5.47. The van der Waals surface area contributed by atoms with E-state index in [-0.39, 0.29) is 16.5 Å². The summed E-state index contributed by atoms with van der Waals surface area (Å²) in [7, 11) is -2.42. The van der Waals surface area contributed by atoms with Gasteiger partial charge < -0.3 is 4.74 Å². The van der Waals surface area contributed by atoms with Crippen molar-refractivity contribution in [3.05, 3.63) is 29.3 Å². The molecule has 0 heterocycles.